The highest BCUT2D eigenvalue weighted by Crippen LogP contribution is 2.29. The van der Waals surface area contributed by atoms with Crippen molar-refractivity contribution in [2.24, 2.45) is 0 Å². The van der Waals surface area contributed by atoms with Crippen molar-refractivity contribution in [3.63, 3.8) is 0 Å². The molecule has 0 atom stereocenters. The zero-order valence-corrected chi connectivity index (χ0v) is 15.5. The third kappa shape index (κ3) is 3.25. The van der Waals surface area contributed by atoms with Crippen LogP contribution in [0.2, 0.25) is 0 Å². The smallest absolute Gasteiger partial charge is 0.276 e. The van der Waals surface area contributed by atoms with Gasteiger partial charge < -0.3 is 5.32 Å². The van der Waals surface area contributed by atoms with Crippen LogP contribution in [-0.2, 0) is 12.0 Å². The molecule has 26 heavy (non-hydrogen) atoms. The van der Waals surface area contributed by atoms with E-state index in [1.807, 2.05) is 31.2 Å². The molecular weight excluding hydrogens is 326 g/mol. The molecule has 0 saturated carbocycles. The van der Waals surface area contributed by atoms with Crippen LogP contribution in [0.5, 0.6) is 0 Å². The van der Waals surface area contributed by atoms with Crippen LogP contribution in [0.1, 0.15) is 43.7 Å². The first-order valence-electron chi connectivity index (χ1n) is 8.73. The number of para-hydroxylation sites is 1. The molecule has 0 saturated heterocycles. The molecule has 0 aliphatic heterocycles. The highest BCUT2D eigenvalue weighted by molar-refractivity contribution is 6.11. The highest BCUT2D eigenvalue weighted by atomic mass is 16.2. The molecule has 5 nitrogen and oxygen atoms in total. The van der Waals surface area contributed by atoms with E-state index >= 15 is 0 Å². The number of fused-ring (bicyclic) bond motifs is 1. The van der Waals surface area contributed by atoms with Crippen LogP contribution in [0, 0.1) is 0 Å². The fraction of sp³-hybridized carbons (Fsp3) is 0.286. The van der Waals surface area contributed by atoms with Gasteiger partial charge in [-0.3, -0.25) is 9.59 Å². The number of aryl methyl sites for hydroxylation is 1. The minimum absolute atomic E-state index is 0.110. The number of carbonyl (C=O) groups excluding carboxylic acids is 1. The minimum atomic E-state index is -0.319. The maximum atomic E-state index is 13.0. The minimum Gasteiger partial charge on any atom is -0.320 e. The summed E-state index contributed by atoms with van der Waals surface area (Å²) in [4.78, 5) is 25.4. The van der Waals surface area contributed by atoms with E-state index in [4.69, 9.17) is 0 Å². The molecule has 2 aromatic carbocycles. The van der Waals surface area contributed by atoms with E-state index in [1.54, 1.807) is 24.3 Å². The van der Waals surface area contributed by atoms with Crippen molar-refractivity contribution >= 4 is 22.4 Å². The quantitative estimate of drug-likeness (QED) is 0.778. The van der Waals surface area contributed by atoms with Gasteiger partial charge in [-0.05, 0) is 30.0 Å². The lowest BCUT2D eigenvalue weighted by atomic mass is 9.86. The van der Waals surface area contributed by atoms with Crippen LogP contribution in [0.3, 0.4) is 0 Å². The predicted molar refractivity (Wildman–Crippen MR) is 105 cm³/mol. The maximum Gasteiger partial charge on any atom is 0.276 e. The third-order valence-corrected chi connectivity index (χ3v) is 4.37. The van der Waals surface area contributed by atoms with Crippen molar-refractivity contribution in [1.29, 1.82) is 0 Å². The van der Waals surface area contributed by atoms with Gasteiger partial charge in [-0.15, -0.1) is 0 Å². The Morgan fingerprint density at radius 2 is 1.65 bits per heavy atom. The molecule has 0 aliphatic carbocycles. The second kappa shape index (κ2) is 6.75. The molecule has 1 aromatic heterocycles. The van der Waals surface area contributed by atoms with Crippen LogP contribution >= 0.6 is 0 Å². The van der Waals surface area contributed by atoms with Crippen molar-refractivity contribution < 1.29 is 4.79 Å². The van der Waals surface area contributed by atoms with E-state index in [2.05, 4.69) is 31.2 Å². The van der Waals surface area contributed by atoms with E-state index in [1.165, 1.54) is 4.68 Å². The summed E-state index contributed by atoms with van der Waals surface area (Å²) in [5.41, 5.74) is 1.76. The SMILES string of the molecule is CCn1nc(C(=O)Nc2ccccc2C(C)(C)C)c2ccccc2c1=O. The normalized spacial score (nSPS) is 11.5. The van der Waals surface area contributed by atoms with Gasteiger partial charge in [0.15, 0.2) is 5.69 Å². The standard InChI is InChI=1S/C21H23N3O2/c1-5-24-20(26)15-11-7-6-10-14(15)18(23-24)19(25)22-17-13-9-8-12-16(17)21(2,3)4/h6-13H,5H2,1-4H3,(H,22,25). The number of nitrogens with one attached hydrogen (secondary N) is 1. The molecule has 3 rings (SSSR count). The van der Waals surface area contributed by atoms with Gasteiger partial charge in [-0.25, -0.2) is 4.68 Å². The second-order valence-electron chi connectivity index (χ2n) is 7.26. The van der Waals surface area contributed by atoms with Gasteiger partial charge in [0.25, 0.3) is 11.5 Å². The van der Waals surface area contributed by atoms with E-state index in [-0.39, 0.29) is 22.6 Å². The summed E-state index contributed by atoms with van der Waals surface area (Å²) in [7, 11) is 0. The monoisotopic (exact) mass is 349 g/mol. The Morgan fingerprint density at radius 3 is 2.31 bits per heavy atom. The number of carbonyl (C=O) groups is 1. The molecule has 1 N–H and O–H groups in total. The van der Waals surface area contributed by atoms with E-state index < -0.39 is 0 Å². The Kier molecular flexibility index (Phi) is 4.64. The zero-order chi connectivity index (χ0) is 18.9. The first-order valence-corrected chi connectivity index (χ1v) is 8.73. The predicted octanol–water partition coefficient (Wildman–Crippen LogP) is 3.97. The summed E-state index contributed by atoms with van der Waals surface area (Å²) < 4.78 is 1.33. The Hall–Kier alpha value is -2.95. The number of rotatable bonds is 3. The van der Waals surface area contributed by atoms with Crippen molar-refractivity contribution in [3.05, 3.63) is 70.1 Å². The molecule has 5 heteroatoms. The second-order valence-corrected chi connectivity index (χ2v) is 7.26. The molecule has 3 aromatic rings. The summed E-state index contributed by atoms with van der Waals surface area (Å²) in [5.74, 6) is -0.319. The van der Waals surface area contributed by atoms with Gasteiger partial charge in [0.2, 0.25) is 0 Å². The number of hydrogen-bond acceptors (Lipinski definition) is 3. The molecule has 0 bridgehead atoms. The van der Waals surface area contributed by atoms with Crippen LogP contribution in [0.15, 0.2) is 53.3 Å². The van der Waals surface area contributed by atoms with Gasteiger partial charge in [0.1, 0.15) is 0 Å². The third-order valence-electron chi connectivity index (χ3n) is 4.37. The fourth-order valence-electron chi connectivity index (χ4n) is 3.04. The lowest BCUT2D eigenvalue weighted by molar-refractivity contribution is 0.102. The molecule has 0 spiro atoms. The highest BCUT2D eigenvalue weighted by Gasteiger charge is 2.21. The Labute approximate surface area is 152 Å². The molecule has 0 aliphatic rings. The molecule has 0 fully saturated rings. The maximum absolute atomic E-state index is 13.0. The summed E-state index contributed by atoms with van der Waals surface area (Å²) in [6.07, 6.45) is 0. The first kappa shape index (κ1) is 17.9. The van der Waals surface area contributed by atoms with Crippen LogP contribution in [-0.4, -0.2) is 15.7 Å². The van der Waals surface area contributed by atoms with Crippen LogP contribution in [0.25, 0.3) is 10.8 Å². The van der Waals surface area contributed by atoms with Crippen molar-refractivity contribution in [3.8, 4) is 0 Å². The summed E-state index contributed by atoms with van der Waals surface area (Å²) in [6, 6.07) is 14.8. The van der Waals surface area contributed by atoms with Gasteiger partial charge in [-0.2, -0.15) is 5.10 Å². The lowest BCUT2D eigenvalue weighted by Crippen LogP contribution is -2.27. The van der Waals surface area contributed by atoms with E-state index in [0.717, 1.165) is 11.3 Å². The van der Waals surface area contributed by atoms with Crippen molar-refractivity contribution in [2.45, 2.75) is 39.7 Å². The largest absolute Gasteiger partial charge is 0.320 e. The molecule has 134 valence electrons. The molecule has 0 radical (unpaired) electrons. The lowest BCUT2D eigenvalue weighted by Gasteiger charge is -2.23. The number of hydrogen-bond donors (Lipinski definition) is 1. The molecule has 1 amide bonds. The number of benzene rings is 2. The molecular formula is C21H23N3O2. The Balaban J connectivity index is 2.10. The number of amides is 1. The molecule has 0 unspecified atom stereocenters. The van der Waals surface area contributed by atoms with Crippen LogP contribution in [0.4, 0.5) is 5.69 Å². The average Bonchev–Trinajstić information content (AvgIpc) is 2.62. The number of aromatic nitrogens is 2. The number of anilines is 1. The fourth-order valence-corrected chi connectivity index (χ4v) is 3.04. The van der Waals surface area contributed by atoms with E-state index in [9.17, 15) is 9.59 Å². The average molecular weight is 349 g/mol. The zero-order valence-electron chi connectivity index (χ0n) is 15.5. The Morgan fingerprint density at radius 1 is 1.04 bits per heavy atom. The van der Waals surface area contributed by atoms with Gasteiger partial charge in [0, 0.05) is 17.6 Å². The van der Waals surface area contributed by atoms with Crippen molar-refractivity contribution in [2.75, 3.05) is 5.32 Å². The molecule has 1 heterocycles. The summed E-state index contributed by atoms with van der Waals surface area (Å²) in [6.45, 7) is 8.54. The van der Waals surface area contributed by atoms with Gasteiger partial charge >= 0.3 is 0 Å². The summed E-state index contributed by atoms with van der Waals surface area (Å²) in [5, 5.41) is 8.34. The number of nitrogens with zero attached hydrogens (tertiary/aromatic N) is 2. The van der Waals surface area contributed by atoms with Gasteiger partial charge in [-0.1, -0.05) is 57.2 Å². The topological polar surface area (TPSA) is 64.0 Å². The van der Waals surface area contributed by atoms with Gasteiger partial charge in [0.05, 0.1) is 5.39 Å². The van der Waals surface area contributed by atoms with E-state index in [0.29, 0.717) is 17.3 Å². The van der Waals surface area contributed by atoms with Crippen LogP contribution < -0.4 is 10.9 Å². The van der Waals surface area contributed by atoms with Crippen molar-refractivity contribution in [1.82, 2.24) is 9.78 Å². The first-order chi connectivity index (χ1) is 12.3. The Bertz CT molecular complexity index is 1030. The summed E-state index contributed by atoms with van der Waals surface area (Å²) >= 11 is 0.